The van der Waals surface area contributed by atoms with Gasteiger partial charge in [0.25, 0.3) is 0 Å². The molecule has 0 aliphatic carbocycles. The van der Waals surface area contributed by atoms with Crippen LogP contribution in [0, 0.1) is 11.6 Å². The lowest BCUT2D eigenvalue weighted by molar-refractivity contribution is 0.0384. The molecule has 21 rings (SSSR count). The zero-order chi connectivity index (χ0) is 78.0. The van der Waals surface area contributed by atoms with Crippen molar-refractivity contribution in [3.05, 3.63) is 333 Å². The fraction of sp³-hybridized carbons (Fsp3) is 0.143. The number of phenolic OH excluding ortho intramolecular Hbond substituents is 1. The molecule has 12 aromatic carbocycles. The fourth-order valence-corrected chi connectivity index (χ4v) is 16.8. The third-order valence-electron chi connectivity index (χ3n) is 22.3. The van der Waals surface area contributed by atoms with Crippen LogP contribution in [0.25, 0.3) is 155 Å². The van der Waals surface area contributed by atoms with Crippen LogP contribution in [-0.4, -0.2) is 100 Å². The minimum Gasteiger partial charge on any atom is -0.508 e. The summed E-state index contributed by atoms with van der Waals surface area (Å²) < 4.78 is 49.8. The average molecular weight is 1510 g/mol. The van der Waals surface area contributed by atoms with Crippen molar-refractivity contribution in [1.29, 1.82) is 0 Å². The van der Waals surface area contributed by atoms with Crippen molar-refractivity contribution >= 4 is 87.2 Å². The summed E-state index contributed by atoms with van der Waals surface area (Å²) in [6, 6.07) is 97.5. The van der Waals surface area contributed by atoms with Gasteiger partial charge in [0.1, 0.15) is 17.4 Å². The first-order valence-corrected chi connectivity index (χ1v) is 39.5. The van der Waals surface area contributed by atoms with Gasteiger partial charge in [-0.2, -0.15) is 20.4 Å². The van der Waals surface area contributed by atoms with Crippen LogP contribution in [0.5, 0.6) is 5.75 Å². The SMILES string of the molecule is CCn1c2ccc(F)cc2c2cc(-n3nccc3-c3ccccc3)ccc21.CCn1c2ccccc2c2cc(-n3nccc3-c3ccc(CCN4CCOCC4)cc3)ccc21.CCn1c2ccccc2c2cc(-n3nccc3-c3ccc(F)cc3)ccc21.CCn1c2ccccc2c2cc(-n3nccc3-c3ccc(O)cc3)ccc21. The first-order valence-electron chi connectivity index (χ1n) is 39.5. The number of aromatic nitrogens is 12. The lowest BCUT2D eigenvalue weighted by Gasteiger charge is -2.26. The number of para-hydroxylation sites is 3. The van der Waals surface area contributed by atoms with Gasteiger partial charge in [0.05, 0.1) is 83.5 Å². The van der Waals surface area contributed by atoms with Gasteiger partial charge < -0.3 is 28.1 Å². The summed E-state index contributed by atoms with van der Waals surface area (Å²) in [6.45, 7) is 17.2. The molecule has 115 heavy (non-hydrogen) atoms. The van der Waals surface area contributed by atoms with E-state index in [4.69, 9.17) is 4.74 Å². The lowest BCUT2D eigenvalue weighted by atomic mass is 10.1. The number of fused-ring (bicyclic) bond motifs is 12. The summed E-state index contributed by atoms with van der Waals surface area (Å²) in [4.78, 5) is 2.48. The predicted octanol–water partition coefficient (Wildman–Crippen LogP) is 22.5. The van der Waals surface area contributed by atoms with Crippen LogP contribution in [0.3, 0.4) is 0 Å². The van der Waals surface area contributed by atoms with Gasteiger partial charge in [-0.15, -0.1) is 0 Å². The number of halogens is 2. The topological polar surface area (TPSA) is 124 Å². The standard InChI is InChI=1S/C29H30N4O.2C23H18FN3.C23H19N3O/c1-2-32-28-6-4-3-5-25(28)26-21-24(11-12-29(26)32)33-27(13-15-30-33)23-9-7-22(8-10-23)14-16-31-17-19-34-20-18-31;1-2-26-22-6-4-3-5-19(22)20-15-18(11-12-23(20)26)27-21(13-14-25-27)16-7-9-17(24)10-8-16;1-2-26-22-10-8-17(24)14-19(22)20-15-18(9-11-23(20)26)27-21(12-13-25-27)16-6-4-3-5-7-16;1-2-25-22-6-4-3-5-19(22)20-15-17(9-12-23(20)25)26-21(13-14-24-26)16-7-10-18(27)11-8-16/h3-13,15,21H,2,14,16-20H2,1H3;2*3-15H,2H2,1H3;3-15,27H,2H2,1H3. The molecule has 0 saturated carbocycles. The van der Waals surface area contributed by atoms with E-state index in [1.54, 1.807) is 36.5 Å². The molecular weight excluding hydrogens is 1430 g/mol. The number of aryl methyl sites for hydroxylation is 4. The Labute approximate surface area is 664 Å². The van der Waals surface area contributed by atoms with E-state index >= 15 is 0 Å². The molecular formula is C98H85F2N13O2. The molecule has 8 aromatic heterocycles. The molecule has 1 aliphatic heterocycles. The molecule has 0 atom stereocenters. The van der Waals surface area contributed by atoms with Crippen molar-refractivity contribution in [3.8, 4) is 73.5 Å². The summed E-state index contributed by atoms with van der Waals surface area (Å²) in [6.07, 6.45) is 8.35. The molecule has 0 spiro atoms. The molecule has 15 nitrogen and oxygen atoms in total. The second kappa shape index (κ2) is 31.8. The van der Waals surface area contributed by atoms with Crippen molar-refractivity contribution in [2.24, 2.45) is 0 Å². The van der Waals surface area contributed by atoms with Crippen LogP contribution in [0.15, 0.2) is 316 Å². The minimum atomic E-state index is -0.237. The molecule has 20 aromatic rings. The Balaban J connectivity index is 0.000000107. The number of ether oxygens (including phenoxy) is 1. The Morgan fingerprint density at radius 1 is 0.304 bits per heavy atom. The lowest BCUT2D eigenvalue weighted by Crippen LogP contribution is -2.37. The van der Waals surface area contributed by atoms with E-state index in [-0.39, 0.29) is 17.4 Å². The normalized spacial score (nSPS) is 12.5. The van der Waals surface area contributed by atoms with Crippen LogP contribution in [0.1, 0.15) is 33.3 Å². The molecule has 0 radical (unpaired) electrons. The Bertz CT molecular complexity index is 6670. The van der Waals surface area contributed by atoms with Crippen LogP contribution >= 0.6 is 0 Å². The van der Waals surface area contributed by atoms with Crippen molar-refractivity contribution in [1.82, 2.24) is 62.3 Å². The van der Waals surface area contributed by atoms with E-state index in [2.05, 4.69) is 264 Å². The van der Waals surface area contributed by atoms with Gasteiger partial charge >= 0.3 is 0 Å². The number of hydrogen-bond donors (Lipinski definition) is 1. The van der Waals surface area contributed by atoms with Crippen molar-refractivity contribution < 1.29 is 18.6 Å². The zero-order valence-corrected chi connectivity index (χ0v) is 64.5. The highest BCUT2D eigenvalue weighted by molar-refractivity contribution is 6.12. The zero-order valence-electron chi connectivity index (χ0n) is 64.5. The molecule has 0 bridgehead atoms. The van der Waals surface area contributed by atoms with Crippen LogP contribution in [0.2, 0.25) is 0 Å². The van der Waals surface area contributed by atoms with Crippen molar-refractivity contribution in [3.63, 3.8) is 0 Å². The minimum absolute atomic E-state index is 0.216. The van der Waals surface area contributed by atoms with Gasteiger partial charge in [-0.3, -0.25) is 4.90 Å². The van der Waals surface area contributed by atoms with Crippen molar-refractivity contribution in [2.45, 2.75) is 60.3 Å². The van der Waals surface area contributed by atoms with Gasteiger partial charge in [-0.25, -0.2) is 27.5 Å². The molecule has 1 fully saturated rings. The first kappa shape index (κ1) is 72.8. The Morgan fingerprint density at radius 3 is 0.991 bits per heavy atom. The highest BCUT2D eigenvalue weighted by atomic mass is 19.1. The molecule has 1 saturated heterocycles. The number of aromatic hydroxyl groups is 1. The van der Waals surface area contributed by atoms with E-state index in [0.29, 0.717) is 0 Å². The van der Waals surface area contributed by atoms with E-state index in [9.17, 15) is 13.9 Å². The highest BCUT2D eigenvalue weighted by Gasteiger charge is 2.20. The van der Waals surface area contributed by atoms with Crippen LogP contribution in [0.4, 0.5) is 8.78 Å². The van der Waals surface area contributed by atoms with Gasteiger partial charge in [-0.05, 0) is 222 Å². The quantitative estimate of drug-likeness (QED) is 0.108. The molecule has 568 valence electrons. The molecule has 1 aliphatic rings. The summed E-state index contributed by atoms with van der Waals surface area (Å²) in [5.74, 6) is -0.190. The second-order valence-electron chi connectivity index (χ2n) is 28.8. The molecule has 0 amide bonds. The first-order chi connectivity index (χ1) is 56.6. The van der Waals surface area contributed by atoms with Gasteiger partial charge in [0.15, 0.2) is 0 Å². The molecule has 17 heteroatoms. The fourth-order valence-electron chi connectivity index (χ4n) is 16.8. The van der Waals surface area contributed by atoms with E-state index in [1.807, 2.05) is 87.2 Å². The third kappa shape index (κ3) is 14.0. The van der Waals surface area contributed by atoms with Crippen molar-refractivity contribution in [2.75, 3.05) is 32.8 Å². The Hall–Kier alpha value is -13.7. The Morgan fingerprint density at radius 2 is 0.609 bits per heavy atom. The number of benzene rings is 12. The van der Waals surface area contributed by atoms with E-state index in [0.717, 1.165) is 149 Å². The van der Waals surface area contributed by atoms with E-state index in [1.165, 1.54) is 94.7 Å². The smallest absolute Gasteiger partial charge is 0.123 e. The van der Waals surface area contributed by atoms with Crippen LogP contribution in [-0.2, 0) is 37.3 Å². The summed E-state index contributed by atoms with van der Waals surface area (Å²) in [7, 11) is 0. The highest BCUT2D eigenvalue weighted by Crippen LogP contribution is 2.38. The van der Waals surface area contributed by atoms with Gasteiger partial charge in [-0.1, -0.05) is 109 Å². The predicted molar refractivity (Wildman–Crippen MR) is 463 cm³/mol. The summed E-state index contributed by atoms with van der Waals surface area (Å²) in [5, 5.41) is 37.3. The monoisotopic (exact) mass is 1510 g/mol. The molecule has 0 unspecified atom stereocenters. The van der Waals surface area contributed by atoms with E-state index < -0.39 is 0 Å². The summed E-state index contributed by atoms with van der Waals surface area (Å²) in [5.41, 5.74) is 23.4. The second-order valence-corrected chi connectivity index (χ2v) is 28.8. The largest absolute Gasteiger partial charge is 0.508 e. The number of nitrogens with zero attached hydrogens (tertiary/aromatic N) is 13. The number of morpholine rings is 1. The molecule has 9 heterocycles. The average Bonchev–Trinajstić information content (AvgIpc) is 1.62. The maximum Gasteiger partial charge on any atom is 0.123 e. The Kier molecular flexibility index (Phi) is 20.1. The molecule has 1 N–H and O–H groups in total. The number of hydrogen-bond acceptors (Lipinski definition) is 7. The maximum absolute atomic E-state index is 13.9. The summed E-state index contributed by atoms with van der Waals surface area (Å²) >= 11 is 0. The van der Waals surface area contributed by atoms with Crippen LogP contribution < -0.4 is 0 Å². The maximum atomic E-state index is 13.9. The van der Waals surface area contributed by atoms with Gasteiger partial charge in [0.2, 0.25) is 0 Å². The van der Waals surface area contributed by atoms with Gasteiger partial charge in [0, 0.05) is 155 Å². The number of phenols is 1. The number of rotatable bonds is 15. The third-order valence-corrected chi connectivity index (χ3v) is 22.3.